The summed E-state index contributed by atoms with van der Waals surface area (Å²) >= 11 is 0. The maximum absolute atomic E-state index is 11.8. The minimum Gasteiger partial charge on any atom is -0.355 e. The number of carbonyl (C=O) groups excluding carboxylic acids is 2. The Labute approximate surface area is 85.8 Å². The van der Waals surface area contributed by atoms with Gasteiger partial charge in [0.05, 0.1) is 5.41 Å². The van der Waals surface area contributed by atoms with Crippen molar-refractivity contribution in [3.8, 4) is 0 Å². The molecule has 2 amide bonds. The Bertz CT molecular complexity index is 388. The molecule has 15 heavy (non-hydrogen) atoms. The minimum atomic E-state index is -0.693. The van der Waals surface area contributed by atoms with Gasteiger partial charge in [0.2, 0.25) is 11.8 Å². The van der Waals surface area contributed by atoms with Gasteiger partial charge in [0.15, 0.2) is 0 Å². The molecule has 0 saturated carbocycles. The SMILES string of the molecule is CC1(C(=O)Nn2cnnc2)CNC(=O)C1. The topological polar surface area (TPSA) is 88.9 Å². The molecule has 1 aromatic rings. The molecule has 2 heterocycles. The number of nitrogens with zero attached hydrogens (tertiary/aromatic N) is 3. The predicted molar refractivity (Wildman–Crippen MR) is 50.1 cm³/mol. The quantitative estimate of drug-likeness (QED) is 0.645. The first-order valence-corrected chi connectivity index (χ1v) is 4.53. The Morgan fingerprint density at radius 1 is 1.60 bits per heavy atom. The largest absolute Gasteiger partial charge is 0.355 e. The number of hydrogen-bond acceptors (Lipinski definition) is 4. The summed E-state index contributed by atoms with van der Waals surface area (Å²) in [5, 5.41) is 9.74. The maximum Gasteiger partial charge on any atom is 0.247 e. The van der Waals surface area contributed by atoms with Gasteiger partial charge in [-0.2, -0.15) is 0 Å². The van der Waals surface area contributed by atoms with Crippen LogP contribution in [0.2, 0.25) is 0 Å². The molecule has 1 atom stereocenters. The molecule has 1 aliphatic rings. The predicted octanol–water partition coefficient (Wildman–Crippen LogP) is -1.13. The molecule has 1 unspecified atom stereocenters. The Morgan fingerprint density at radius 2 is 2.27 bits per heavy atom. The van der Waals surface area contributed by atoms with Gasteiger partial charge in [-0.1, -0.05) is 0 Å². The fourth-order valence-corrected chi connectivity index (χ4v) is 1.44. The highest BCUT2D eigenvalue weighted by molar-refractivity contribution is 5.96. The van der Waals surface area contributed by atoms with Crippen molar-refractivity contribution in [3.05, 3.63) is 12.7 Å². The van der Waals surface area contributed by atoms with Crippen LogP contribution in [0.3, 0.4) is 0 Å². The van der Waals surface area contributed by atoms with Gasteiger partial charge in [-0.05, 0) is 6.92 Å². The van der Waals surface area contributed by atoms with Crippen LogP contribution in [0.25, 0.3) is 0 Å². The van der Waals surface area contributed by atoms with Crippen molar-refractivity contribution in [1.29, 1.82) is 0 Å². The Hall–Kier alpha value is -1.92. The zero-order chi connectivity index (χ0) is 10.9. The van der Waals surface area contributed by atoms with Crippen LogP contribution >= 0.6 is 0 Å². The summed E-state index contributed by atoms with van der Waals surface area (Å²) in [6.45, 7) is 2.10. The zero-order valence-electron chi connectivity index (χ0n) is 8.23. The monoisotopic (exact) mass is 209 g/mol. The molecule has 0 aromatic carbocycles. The molecule has 2 N–H and O–H groups in total. The second-order valence-electron chi connectivity index (χ2n) is 3.82. The van der Waals surface area contributed by atoms with Crippen LogP contribution in [0.5, 0.6) is 0 Å². The zero-order valence-corrected chi connectivity index (χ0v) is 8.23. The lowest BCUT2D eigenvalue weighted by Crippen LogP contribution is -2.38. The van der Waals surface area contributed by atoms with Crippen LogP contribution < -0.4 is 10.7 Å². The smallest absolute Gasteiger partial charge is 0.247 e. The molecular weight excluding hydrogens is 198 g/mol. The van der Waals surface area contributed by atoms with Gasteiger partial charge >= 0.3 is 0 Å². The normalized spacial score (nSPS) is 25.0. The van der Waals surface area contributed by atoms with Gasteiger partial charge in [0.1, 0.15) is 12.7 Å². The van der Waals surface area contributed by atoms with E-state index in [1.54, 1.807) is 6.92 Å². The van der Waals surface area contributed by atoms with Crippen LogP contribution in [-0.2, 0) is 9.59 Å². The second-order valence-corrected chi connectivity index (χ2v) is 3.82. The number of hydrogen-bond donors (Lipinski definition) is 2. The fourth-order valence-electron chi connectivity index (χ4n) is 1.44. The van der Waals surface area contributed by atoms with E-state index >= 15 is 0 Å². The average Bonchev–Trinajstić information content (AvgIpc) is 2.77. The molecule has 7 heteroatoms. The fraction of sp³-hybridized carbons (Fsp3) is 0.500. The van der Waals surface area contributed by atoms with Crippen molar-refractivity contribution in [2.24, 2.45) is 5.41 Å². The van der Waals surface area contributed by atoms with E-state index in [1.165, 1.54) is 17.3 Å². The molecule has 0 radical (unpaired) electrons. The maximum atomic E-state index is 11.8. The van der Waals surface area contributed by atoms with E-state index in [0.29, 0.717) is 6.54 Å². The summed E-state index contributed by atoms with van der Waals surface area (Å²) in [5.41, 5.74) is 1.89. The van der Waals surface area contributed by atoms with E-state index in [2.05, 4.69) is 20.9 Å². The van der Waals surface area contributed by atoms with E-state index in [-0.39, 0.29) is 18.2 Å². The standard InChI is InChI=1S/C8H11N5O2/c1-8(2-6(14)9-3-8)7(15)12-13-4-10-11-5-13/h4-5H,2-3H2,1H3,(H,9,14)(H,12,15). The molecule has 2 rings (SSSR count). The van der Waals surface area contributed by atoms with Crippen molar-refractivity contribution < 1.29 is 9.59 Å². The van der Waals surface area contributed by atoms with Gasteiger partial charge < -0.3 is 5.32 Å². The van der Waals surface area contributed by atoms with Crippen molar-refractivity contribution in [2.75, 3.05) is 12.0 Å². The van der Waals surface area contributed by atoms with E-state index in [1.807, 2.05) is 0 Å². The number of amides is 2. The molecule has 1 saturated heterocycles. The lowest BCUT2D eigenvalue weighted by molar-refractivity contribution is -0.127. The molecule has 1 fully saturated rings. The van der Waals surface area contributed by atoms with E-state index < -0.39 is 5.41 Å². The summed E-state index contributed by atoms with van der Waals surface area (Å²) in [6, 6.07) is 0. The molecule has 0 bridgehead atoms. The molecular formula is C8H11N5O2. The first-order valence-electron chi connectivity index (χ1n) is 4.53. The Morgan fingerprint density at radius 3 is 2.80 bits per heavy atom. The number of rotatable bonds is 2. The third-order valence-electron chi connectivity index (χ3n) is 2.42. The summed E-state index contributed by atoms with van der Waals surface area (Å²) in [4.78, 5) is 22.8. The lowest BCUT2D eigenvalue weighted by Gasteiger charge is -2.19. The van der Waals surface area contributed by atoms with Crippen LogP contribution in [-0.4, -0.2) is 33.2 Å². The third-order valence-corrected chi connectivity index (χ3v) is 2.42. The van der Waals surface area contributed by atoms with Crippen LogP contribution in [0.4, 0.5) is 0 Å². The van der Waals surface area contributed by atoms with Crippen molar-refractivity contribution in [3.63, 3.8) is 0 Å². The van der Waals surface area contributed by atoms with Gasteiger partial charge in [-0.3, -0.25) is 15.0 Å². The molecule has 0 spiro atoms. The molecule has 80 valence electrons. The highest BCUT2D eigenvalue weighted by Crippen LogP contribution is 2.25. The van der Waals surface area contributed by atoms with E-state index in [0.717, 1.165) is 0 Å². The first kappa shape index (κ1) is 9.63. The highest BCUT2D eigenvalue weighted by Gasteiger charge is 2.40. The first-order chi connectivity index (χ1) is 7.10. The van der Waals surface area contributed by atoms with Gasteiger partial charge in [-0.15, -0.1) is 10.2 Å². The molecule has 1 aliphatic heterocycles. The van der Waals surface area contributed by atoms with Crippen molar-refractivity contribution >= 4 is 11.8 Å². The van der Waals surface area contributed by atoms with Gasteiger partial charge in [0, 0.05) is 13.0 Å². The van der Waals surface area contributed by atoms with Crippen LogP contribution in [0, 0.1) is 5.41 Å². The summed E-state index contributed by atoms with van der Waals surface area (Å²) in [6.07, 6.45) is 2.97. The van der Waals surface area contributed by atoms with Gasteiger partial charge in [-0.25, -0.2) is 4.68 Å². The number of nitrogens with one attached hydrogen (secondary N) is 2. The Kier molecular flexibility index (Phi) is 2.14. The van der Waals surface area contributed by atoms with Crippen molar-refractivity contribution in [2.45, 2.75) is 13.3 Å². The minimum absolute atomic E-state index is 0.101. The summed E-state index contributed by atoms with van der Waals surface area (Å²) in [5.74, 6) is -0.322. The molecule has 7 nitrogen and oxygen atoms in total. The van der Waals surface area contributed by atoms with Crippen LogP contribution in [0.15, 0.2) is 12.7 Å². The molecule has 1 aromatic heterocycles. The van der Waals surface area contributed by atoms with Crippen LogP contribution in [0.1, 0.15) is 13.3 Å². The third kappa shape index (κ3) is 1.80. The second kappa shape index (κ2) is 3.34. The highest BCUT2D eigenvalue weighted by atomic mass is 16.2. The van der Waals surface area contributed by atoms with E-state index in [4.69, 9.17) is 0 Å². The van der Waals surface area contributed by atoms with Gasteiger partial charge in [0.25, 0.3) is 0 Å². The Balaban J connectivity index is 2.05. The van der Waals surface area contributed by atoms with E-state index in [9.17, 15) is 9.59 Å². The number of carbonyl (C=O) groups is 2. The summed E-state index contributed by atoms with van der Waals surface area (Å²) in [7, 11) is 0. The number of aromatic nitrogens is 3. The van der Waals surface area contributed by atoms with Crippen molar-refractivity contribution in [1.82, 2.24) is 20.2 Å². The summed E-state index contributed by atoms with van der Waals surface area (Å²) < 4.78 is 1.36. The average molecular weight is 209 g/mol. The lowest BCUT2D eigenvalue weighted by atomic mass is 9.89. The molecule has 0 aliphatic carbocycles.